The Balaban J connectivity index is 2.08. The van der Waals surface area contributed by atoms with Gasteiger partial charge in [0.1, 0.15) is 11.8 Å². The highest BCUT2D eigenvalue weighted by atomic mass is 16.5. The topological polar surface area (TPSA) is 62.1 Å². The third-order valence-corrected chi connectivity index (χ3v) is 3.75. The van der Waals surface area contributed by atoms with Gasteiger partial charge in [-0.15, -0.1) is 0 Å². The van der Waals surface area contributed by atoms with E-state index in [4.69, 9.17) is 4.74 Å². The molecule has 0 unspecified atom stereocenters. The highest BCUT2D eigenvalue weighted by molar-refractivity contribution is 5.95. The molecule has 0 aliphatic carbocycles. The lowest BCUT2D eigenvalue weighted by Gasteiger charge is -2.11. The molecule has 0 aliphatic rings. The average Bonchev–Trinajstić information content (AvgIpc) is 2.56. The molecule has 0 saturated heterocycles. The first-order valence-electron chi connectivity index (χ1n) is 7.47. The van der Waals surface area contributed by atoms with Crippen LogP contribution >= 0.6 is 0 Å². The maximum atomic E-state index is 11.5. The minimum Gasteiger partial charge on any atom is -0.496 e. The Labute approximate surface area is 136 Å². The van der Waals surface area contributed by atoms with E-state index < -0.39 is 0 Å². The molecule has 2 aromatic carbocycles. The molecule has 0 saturated carbocycles. The van der Waals surface area contributed by atoms with Crippen molar-refractivity contribution in [2.75, 3.05) is 19.0 Å². The van der Waals surface area contributed by atoms with E-state index in [1.165, 1.54) is 6.92 Å². The second kappa shape index (κ2) is 7.46. The Hall–Kier alpha value is -2.80. The van der Waals surface area contributed by atoms with Crippen LogP contribution in [0.3, 0.4) is 0 Å². The lowest BCUT2D eigenvalue weighted by Crippen LogP contribution is -2.07. The SMILES string of the molecule is COc1cc(CCNc2cc(C(C)=O)ccc2C#N)ccc1C. The van der Waals surface area contributed by atoms with Crippen molar-refractivity contribution in [2.45, 2.75) is 20.3 Å². The zero-order valence-electron chi connectivity index (χ0n) is 13.6. The maximum Gasteiger partial charge on any atom is 0.159 e. The lowest BCUT2D eigenvalue weighted by atomic mass is 10.1. The van der Waals surface area contributed by atoms with Crippen LogP contribution in [-0.4, -0.2) is 19.4 Å². The van der Waals surface area contributed by atoms with Crippen molar-refractivity contribution < 1.29 is 9.53 Å². The average molecular weight is 308 g/mol. The minimum atomic E-state index is -0.0131. The molecular weight excluding hydrogens is 288 g/mol. The molecule has 1 N–H and O–H groups in total. The number of hydrogen-bond acceptors (Lipinski definition) is 4. The molecule has 0 atom stereocenters. The Morgan fingerprint density at radius 3 is 2.70 bits per heavy atom. The number of Topliss-reactive ketones (excluding diaryl/α,β-unsaturated/α-hetero) is 1. The number of anilines is 1. The van der Waals surface area contributed by atoms with E-state index in [0.29, 0.717) is 23.4 Å². The number of nitriles is 1. The van der Waals surface area contributed by atoms with Crippen LogP contribution in [0, 0.1) is 18.3 Å². The van der Waals surface area contributed by atoms with Crippen LogP contribution < -0.4 is 10.1 Å². The van der Waals surface area contributed by atoms with Crippen molar-refractivity contribution in [3.63, 3.8) is 0 Å². The van der Waals surface area contributed by atoms with E-state index in [9.17, 15) is 10.1 Å². The smallest absolute Gasteiger partial charge is 0.159 e. The third kappa shape index (κ3) is 4.10. The normalized spacial score (nSPS) is 10.0. The first kappa shape index (κ1) is 16.6. The molecule has 118 valence electrons. The van der Waals surface area contributed by atoms with Crippen molar-refractivity contribution in [3.05, 3.63) is 58.7 Å². The molecule has 0 heterocycles. The Morgan fingerprint density at radius 2 is 2.04 bits per heavy atom. The van der Waals surface area contributed by atoms with Crippen LogP contribution in [0.25, 0.3) is 0 Å². The number of aryl methyl sites for hydroxylation is 1. The number of carbonyl (C=O) groups is 1. The summed E-state index contributed by atoms with van der Waals surface area (Å²) in [7, 11) is 1.66. The van der Waals surface area contributed by atoms with Crippen LogP contribution in [0.4, 0.5) is 5.69 Å². The Kier molecular flexibility index (Phi) is 5.37. The number of ether oxygens (including phenoxy) is 1. The van der Waals surface area contributed by atoms with E-state index >= 15 is 0 Å². The summed E-state index contributed by atoms with van der Waals surface area (Å²) in [5.41, 5.74) is 4.09. The minimum absolute atomic E-state index is 0.0131. The van der Waals surface area contributed by atoms with Crippen LogP contribution in [0.2, 0.25) is 0 Å². The molecule has 0 aliphatic heterocycles. The van der Waals surface area contributed by atoms with E-state index in [2.05, 4.69) is 17.5 Å². The second-order valence-electron chi connectivity index (χ2n) is 5.41. The maximum absolute atomic E-state index is 11.5. The van der Waals surface area contributed by atoms with Gasteiger partial charge in [0.15, 0.2) is 5.78 Å². The standard InChI is InChI=1S/C19H20N2O2/c1-13-4-5-15(10-19(13)23-3)8-9-21-18-11-16(14(2)22)6-7-17(18)12-20/h4-7,10-11,21H,8-9H2,1-3H3. The molecule has 0 amide bonds. The van der Waals surface area contributed by atoms with E-state index in [1.54, 1.807) is 25.3 Å². The fourth-order valence-corrected chi connectivity index (χ4v) is 2.37. The highest BCUT2D eigenvalue weighted by Gasteiger charge is 2.07. The first-order chi connectivity index (χ1) is 11.0. The number of nitrogens with zero attached hydrogens (tertiary/aromatic N) is 1. The number of ketones is 1. The molecular formula is C19H20N2O2. The number of rotatable bonds is 6. The van der Waals surface area contributed by atoms with Gasteiger partial charge in [-0.1, -0.05) is 12.1 Å². The molecule has 0 radical (unpaired) electrons. The third-order valence-electron chi connectivity index (χ3n) is 3.75. The van der Waals surface area contributed by atoms with Crippen molar-refractivity contribution in [1.82, 2.24) is 0 Å². The summed E-state index contributed by atoms with van der Waals surface area (Å²) in [5.74, 6) is 0.861. The van der Waals surface area contributed by atoms with Gasteiger partial charge in [-0.3, -0.25) is 4.79 Å². The van der Waals surface area contributed by atoms with Gasteiger partial charge in [0.25, 0.3) is 0 Å². The molecule has 4 nitrogen and oxygen atoms in total. The number of methoxy groups -OCH3 is 1. The molecule has 4 heteroatoms. The number of hydrogen-bond donors (Lipinski definition) is 1. The predicted molar refractivity (Wildman–Crippen MR) is 91.1 cm³/mol. The number of nitrogens with one attached hydrogen (secondary N) is 1. The molecule has 0 aromatic heterocycles. The van der Waals surface area contributed by atoms with Crippen molar-refractivity contribution in [1.29, 1.82) is 5.26 Å². The summed E-state index contributed by atoms with van der Waals surface area (Å²) in [5, 5.41) is 12.4. The zero-order chi connectivity index (χ0) is 16.8. The summed E-state index contributed by atoms with van der Waals surface area (Å²) in [6.45, 7) is 4.19. The van der Waals surface area contributed by atoms with Crippen molar-refractivity contribution >= 4 is 11.5 Å². The summed E-state index contributed by atoms with van der Waals surface area (Å²) in [6, 6.07) is 13.3. The van der Waals surface area contributed by atoms with Crippen molar-refractivity contribution in [2.24, 2.45) is 0 Å². The van der Waals surface area contributed by atoms with Gasteiger partial charge in [0.2, 0.25) is 0 Å². The fraction of sp³-hybridized carbons (Fsp3) is 0.263. The number of benzene rings is 2. The first-order valence-corrected chi connectivity index (χ1v) is 7.47. The van der Waals surface area contributed by atoms with Crippen LogP contribution in [0.5, 0.6) is 5.75 Å². The monoisotopic (exact) mass is 308 g/mol. The quantitative estimate of drug-likeness (QED) is 0.826. The van der Waals surface area contributed by atoms with Gasteiger partial charge in [0, 0.05) is 12.1 Å². The molecule has 0 fully saturated rings. The molecule has 23 heavy (non-hydrogen) atoms. The van der Waals surface area contributed by atoms with Gasteiger partial charge in [-0.05, 0) is 55.7 Å². The van der Waals surface area contributed by atoms with E-state index in [1.807, 2.05) is 19.1 Å². The summed E-state index contributed by atoms with van der Waals surface area (Å²) < 4.78 is 5.33. The lowest BCUT2D eigenvalue weighted by molar-refractivity contribution is 0.101. The summed E-state index contributed by atoms with van der Waals surface area (Å²) in [6.07, 6.45) is 0.797. The van der Waals surface area contributed by atoms with Crippen LogP contribution in [0.15, 0.2) is 36.4 Å². The van der Waals surface area contributed by atoms with Gasteiger partial charge < -0.3 is 10.1 Å². The van der Waals surface area contributed by atoms with E-state index in [-0.39, 0.29) is 5.78 Å². The van der Waals surface area contributed by atoms with Crippen LogP contribution in [-0.2, 0) is 6.42 Å². The summed E-state index contributed by atoms with van der Waals surface area (Å²) in [4.78, 5) is 11.5. The second-order valence-corrected chi connectivity index (χ2v) is 5.41. The molecule has 2 rings (SSSR count). The van der Waals surface area contributed by atoms with Gasteiger partial charge in [-0.2, -0.15) is 5.26 Å². The summed E-state index contributed by atoms with van der Waals surface area (Å²) >= 11 is 0. The van der Waals surface area contributed by atoms with Crippen molar-refractivity contribution in [3.8, 4) is 11.8 Å². The molecule has 0 spiro atoms. The highest BCUT2D eigenvalue weighted by Crippen LogP contribution is 2.20. The van der Waals surface area contributed by atoms with Gasteiger partial charge in [0.05, 0.1) is 18.4 Å². The van der Waals surface area contributed by atoms with Gasteiger partial charge >= 0.3 is 0 Å². The van der Waals surface area contributed by atoms with Gasteiger partial charge in [-0.25, -0.2) is 0 Å². The zero-order valence-corrected chi connectivity index (χ0v) is 13.6. The fourth-order valence-electron chi connectivity index (χ4n) is 2.37. The van der Waals surface area contributed by atoms with Crippen LogP contribution in [0.1, 0.15) is 34.0 Å². The predicted octanol–water partition coefficient (Wildman–Crippen LogP) is 3.73. The Bertz CT molecular complexity index is 760. The largest absolute Gasteiger partial charge is 0.496 e. The number of carbonyl (C=O) groups excluding carboxylic acids is 1. The molecule has 2 aromatic rings. The molecule has 0 bridgehead atoms. The Morgan fingerprint density at radius 1 is 1.26 bits per heavy atom. The van der Waals surface area contributed by atoms with E-state index in [0.717, 1.165) is 23.3 Å².